The van der Waals surface area contributed by atoms with E-state index in [1.54, 1.807) is 73.6 Å². The Morgan fingerprint density at radius 1 is 1.00 bits per heavy atom. The fourth-order valence-electron chi connectivity index (χ4n) is 12.1. The zero-order valence-electron chi connectivity index (χ0n) is 32.5. The van der Waals surface area contributed by atoms with Crippen molar-refractivity contribution in [3.63, 3.8) is 0 Å². The number of hydrogen-bond acceptors (Lipinski definition) is 11. The monoisotopic (exact) mass is 710 g/mol. The summed E-state index contributed by atoms with van der Waals surface area (Å²) < 4.78 is 41.5. The molecular weight excluding hydrogens is 655 g/mol. The van der Waals surface area contributed by atoms with Gasteiger partial charge in [0.15, 0.2) is 25.8 Å². The topological polar surface area (TPSA) is 141 Å². The second-order valence-corrected chi connectivity index (χ2v) is 17.6. The second kappa shape index (κ2) is 11.3. The van der Waals surface area contributed by atoms with E-state index < -0.39 is 98.4 Å². The first-order valence-electron chi connectivity index (χ1n) is 18.6. The molecule has 6 rings (SSSR count). The summed E-state index contributed by atoms with van der Waals surface area (Å²) in [5.74, 6) is -6.37. The Morgan fingerprint density at radius 2 is 1.63 bits per heavy atom. The molecule has 6 aliphatic rings. The molecule has 0 radical (unpaired) electrons. The van der Waals surface area contributed by atoms with E-state index >= 15 is 0 Å². The molecule has 11 nitrogen and oxygen atoms in total. The number of ether oxygens (including phenoxy) is 6. The molecule has 3 saturated heterocycles. The maximum atomic E-state index is 14.7. The van der Waals surface area contributed by atoms with E-state index in [1.165, 1.54) is 7.85 Å². The Morgan fingerprint density at radius 3 is 2.16 bits per heavy atom. The first kappa shape index (κ1) is 37.9. The van der Waals surface area contributed by atoms with Gasteiger partial charge in [-0.2, -0.15) is 0 Å². The Bertz CT molecular complexity index is 1650. The number of rotatable bonds is 11. The molecule has 0 aromatic rings. The highest BCUT2D eigenvalue weighted by molar-refractivity contribution is 6.57. The molecule has 3 aliphatic carbocycles. The maximum Gasteiger partial charge on any atom is 0.309 e. The Kier molecular flexibility index (Phi) is 8.43. The number of hydrogen-bond donors (Lipinski definition) is 0. The molecule has 280 valence electrons. The molecule has 3 heterocycles. The van der Waals surface area contributed by atoms with Crippen molar-refractivity contribution in [1.29, 1.82) is 0 Å². The summed E-state index contributed by atoms with van der Waals surface area (Å²) in [6, 6.07) is 0. The average Bonchev–Trinajstić information content (AvgIpc) is 3.46. The van der Waals surface area contributed by atoms with Crippen molar-refractivity contribution in [3.8, 4) is 0 Å². The van der Waals surface area contributed by atoms with E-state index in [4.69, 9.17) is 28.4 Å². The molecular formula is C39H55BO11. The van der Waals surface area contributed by atoms with Crippen LogP contribution in [0.5, 0.6) is 0 Å². The van der Waals surface area contributed by atoms with Crippen LogP contribution in [0.25, 0.3) is 0 Å². The third-order valence-corrected chi connectivity index (χ3v) is 13.9. The summed E-state index contributed by atoms with van der Waals surface area (Å²) in [6.45, 7) is 21.7. The van der Waals surface area contributed by atoms with Gasteiger partial charge in [0.25, 0.3) is 5.97 Å². The molecule has 0 amide bonds. The largest absolute Gasteiger partial charge is 0.457 e. The summed E-state index contributed by atoms with van der Waals surface area (Å²) in [7, 11) is 1.53. The van der Waals surface area contributed by atoms with Crippen LogP contribution in [0.4, 0.5) is 0 Å². The summed E-state index contributed by atoms with van der Waals surface area (Å²) in [5, 5.41) is 0. The van der Waals surface area contributed by atoms with Gasteiger partial charge in [-0.25, -0.2) is 0 Å². The fraction of sp³-hybridized carbons (Fsp3) is 0.769. The second-order valence-electron chi connectivity index (χ2n) is 17.6. The van der Waals surface area contributed by atoms with Gasteiger partial charge in [0.1, 0.15) is 16.8 Å². The van der Waals surface area contributed by atoms with Crippen LogP contribution in [0.1, 0.15) is 109 Å². The van der Waals surface area contributed by atoms with Gasteiger partial charge in [0, 0.05) is 41.1 Å². The van der Waals surface area contributed by atoms with Crippen LogP contribution in [0.2, 0.25) is 0 Å². The summed E-state index contributed by atoms with van der Waals surface area (Å²) >= 11 is 0. The van der Waals surface area contributed by atoms with Crippen molar-refractivity contribution in [2.24, 2.45) is 39.9 Å². The summed E-state index contributed by atoms with van der Waals surface area (Å²) in [6.07, 6.45) is 3.00. The zero-order valence-corrected chi connectivity index (χ0v) is 32.5. The number of fused-ring (bicyclic) bond motifs is 3. The highest BCUT2D eigenvalue weighted by atomic mass is 16.9. The first-order valence-corrected chi connectivity index (χ1v) is 18.6. The van der Waals surface area contributed by atoms with Gasteiger partial charge in [-0.05, 0) is 32.6 Å². The minimum Gasteiger partial charge on any atom is -0.457 e. The van der Waals surface area contributed by atoms with Crippen LogP contribution < -0.4 is 0 Å². The average molecular weight is 711 g/mol. The molecule has 0 aromatic carbocycles. The van der Waals surface area contributed by atoms with E-state index in [0.29, 0.717) is 12.0 Å². The predicted octanol–water partition coefficient (Wildman–Crippen LogP) is 4.53. The first-order chi connectivity index (χ1) is 23.5. The Labute approximate surface area is 302 Å². The third kappa shape index (κ3) is 4.16. The number of ketones is 1. The summed E-state index contributed by atoms with van der Waals surface area (Å²) in [4.78, 5) is 70.3. The van der Waals surface area contributed by atoms with E-state index in [0.717, 1.165) is 0 Å². The molecule has 0 aromatic heterocycles. The number of carbonyl (C=O) groups excluding carboxylic acids is 5. The van der Waals surface area contributed by atoms with Crippen molar-refractivity contribution < 1.29 is 52.4 Å². The van der Waals surface area contributed by atoms with Gasteiger partial charge in [0.05, 0.1) is 23.9 Å². The number of Topliss-reactive ketones (excluding diaryl/α,β-unsaturated/α-hetero) is 1. The SMILES string of the molecule is BC(=O)CC1C2(C)CC34OC5(C)OC6(C(C(C)(C)C(=O)C(/C=C\C)=C/C)CC(=O)OC6C3(OC(=O)C(C)C)C2OC(=O)C(C)C)C(CC)(O5)C14C. The molecule has 4 bridgehead atoms. The molecule has 3 aliphatic heterocycles. The van der Waals surface area contributed by atoms with Crippen LogP contribution in [0.3, 0.4) is 0 Å². The lowest BCUT2D eigenvalue weighted by Crippen LogP contribution is -2.94. The minimum atomic E-state index is -1.95. The maximum absolute atomic E-state index is 14.7. The van der Waals surface area contributed by atoms with Crippen molar-refractivity contribution >= 4 is 37.2 Å². The van der Waals surface area contributed by atoms with E-state index in [9.17, 15) is 24.0 Å². The van der Waals surface area contributed by atoms with Gasteiger partial charge in [-0.15, -0.1) is 0 Å². The molecule has 11 atom stereocenters. The predicted molar refractivity (Wildman–Crippen MR) is 186 cm³/mol. The van der Waals surface area contributed by atoms with Crippen molar-refractivity contribution in [2.45, 2.75) is 149 Å². The fourth-order valence-corrected chi connectivity index (χ4v) is 12.1. The smallest absolute Gasteiger partial charge is 0.309 e. The quantitative estimate of drug-likeness (QED) is 0.0983. The minimum absolute atomic E-state index is 0.0836. The molecule has 51 heavy (non-hydrogen) atoms. The number of allylic oxidation sites excluding steroid dienone is 4. The lowest BCUT2D eigenvalue weighted by Gasteiger charge is -2.76. The molecule has 0 N–H and O–H groups in total. The number of carbonyl (C=O) groups is 5. The van der Waals surface area contributed by atoms with Crippen LogP contribution in [0.15, 0.2) is 23.8 Å². The van der Waals surface area contributed by atoms with Crippen molar-refractivity contribution in [3.05, 3.63) is 23.8 Å². The van der Waals surface area contributed by atoms with Crippen LogP contribution in [0, 0.1) is 39.9 Å². The van der Waals surface area contributed by atoms with E-state index in [1.807, 2.05) is 27.7 Å². The molecule has 2 spiro atoms. The Hall–Kier alpha value is -2.83. The van der Waals surface area contributed by atoms with Gasteiger partial charge in [-0.1, -0.05) is 80.5 Å². The number of esters is 3. The highest BCUT2D eigenvalue weighted by Crippen LogP contribution is 2.89. The normalized spacial score (nSPS) is 45.0. The van der Waals surface area contributed by atoms with Gasteiger partial charge in [-0.3, -0.25) is 19.2 Å². The lowest BCUT2D eigenvalue weighted by molar-refractivity contribution is -0.474. The lowest BCUT2D eigenvalue weighted by atomic mass is 9.35. The standard InChI is InChI=1S/C39H55BO11/c1-13-16-22(14-2)27(43)32(8,9)23-18-26(42)46-31-38(23)36(15-3)34(11)24(17-25(40)41)33(10)19-37(34,50-35(12,49-36)51-38)39(31,48-29(45)21(6)7)30(33)47-28(44)20(4)5/h13-14,16,20-21,23-24,30-31H,15,17-19,40H2,1-12H3/b16-13-,22-14+. The van der Waals surface area contributed by atoms with Crippen molar-refractivity contribution in [2.75, 3.05) is 0 Å². The Balaban J connectivity index is 1.78. The van der Waals surface area contributed by atoms with E-state index in [-0.39, 0.29) is 30.7 Å². The molecule has 12 heteroatoms. The third-order valence-electron chi connectivity index (χ3n) is 13.9. The van der Waals surface area contributed by atoms with Gasteiger partial charge in [0.2, 0.25) is 5.60 Å². The van der Waals surface area contributed by atoms with Crippen LogP contribution in [-0.2, 0) is 52.4 Å². The zero-order chi connectivity index (χ0) is 38.1. The highest BCUT2D eigenvalue weighted by Gasteiger charge is 3.04. The van der Waals surface area contributed by atoms with Gasteiger partial charge < -0.3 is 33.2 Å². The molecule has 11 unspecified atom stereocenters. The van der Waals surface area contributed by atoms with Crippen LogP contribution >= 0.6 is 0 Å². The van der Waals surface area contributed by atoms with Crippen molar-refractivity contribution in [1.82, 2.24) is 0 Å². The summed E-state index contributed by atoms with van der Waals surface area (Å²) in [5.41, 5.74) is -9.59. The molecule has 3 saturated carbocycles. The molecule has 6 fully saturated rings. The van der Waals surface area contributed by atoms with Gasteiger partial charge >= 0.3 is 17.9 Å². The van der Waals surface area contributed by atoms with Crippen LogP contribution in [-0.4, -0.2) is 77.8 Å². The van der Waals surface area contributed by atoms with E-state index in [2.05, 4.69) is 0 Å².